The van der Waals surface area contributed by atoms with Crippen LogP contribution in [-0.4, -0.2) is 62.2 Å². The van der Waals surface area contributed by atoms with E-state index in [1.165, 1.54) is 63.4 Å². The zero-order valence-corrected chi connectivity index (χ0v) is 14.9. The molecule has 3 nitrogen and oxygen atoms in total. The van der Waals surface area contributed by atoms with Crippen molar-refractivity contribution in [2.45, 2.75) is 39.7 Å². The van der Waals surface area contributed by atoms with E-state index in [4.69, 9.17) is 0 Å². The largest absolute Gasteiger partial charge is 0.371 e. The number of hydrogen-bond acceptors (Lipinski definition) is 3. The quantitative estimate of drug-likeness (QED) is 0.830. The van der Waals surface area contributed by atoms with Gasteiger partial charge in [0.1, 0.15) is 0 Å². The second-order valence-corrected chi connectivity index (χ2v) is 6.39. The van der Waals surface area contributed by atoms with Crippen LogP contribution in [0.4, 0.5) is 5.69 Å². The highest BCUT2D eigenvalue weighted by Gasteiger charge is 2.26. The van der Waals surface area contributed by atoms with Crippen molar-refractivity contribution in [2.24, 2.45) is 0 Å². The summed E-state index contributed by atoms with van der Waals surface area (Å²) >= 11 is 0. The Bertz CT molecular complexity index is 413. The van der Waals surface area contributed by atoms with Gasteiger partial charge in [-0.05, 0) is 38.9 Å². The molecule has 2 fully saturated rings. The minimum absolute atomic E-state index is 0.811. The van der Waals surface area contributed by atoms with Gasteiger partial charge in [-0.15, -0.1) is 0 Å². The summed E-state index contributed by atoms with van der Waals surface area (Å²) in [4.78, 5) is 7.70. The molecule has 0 unspecified atom stereocenters. The third-order valence-electron chi connectivity index (χ3n) is 4.92. The molecule has 0 aliphatic carbocycles. The summed E-state index contributed by atoms with van der Waals surface area (Å²) < 4.78 is 0. The second kappa shape index (κ2) is 8.54. The molecule has 3 heteroatoms. The first-order valence-electron chi connectivity index (χ1n) is 8.96. The van der Waals surface area contributed by atoms with Crippen molar-refractivity contribution in [1.29, 1.82) is 0 Å². The molecule has 0 bridgehead atoms. The number of anilines is 1. The van der Waals surface area contributed by atoms with Crippen LogP contribution in [0, 0.1) is 6.92 Å². The molecule has 124 valence electrons. The lowest BCUT2D eigenvalue weighted by Gasteiger charge is -2.42. The van der Waals surface area contributed by atoms with Crippen molar-refractivity contribution in [2.75, 3.05) is 51.2 Å². The van der Waals surface area contributed by atoms with Gasteiger partial charge in [-0.3, -0.25) is 4.90 Å². The minimum Gasteiger partial charge on any atom is -0.371 e. The monoisotopic (exact) mass is 303 g/mol. The summed E-state index contributed by atoms with van der Waals surface area (Å²) in [6.07, 6.45) is 2.63. The number of piperazine rings is 1. The molecule has 0 aromatic heterocycles. The van der Waals surface area contributed by atoms with Crippen molar-refractivity contribution in [3.8, 4) is 0 Å². The molecule has 0 spiro atoms. The van der Waals surface area contributed by atoms with Gasteiger partial charge in [0, 0.05) is 51.0 Å². The summed E-state index contributed by atoms with van der Waals surface area (Å²) in [5, 5.41) is 0. The van der Waals surface area contributed by atoms with Crippen LogP contribution in [-0.2, 0) is 0 Å². The van der Waals surface area contributed by atoms with E-state index in [1.54, 1.807) is 0 Å². The van der Waals surface area contributed by atoms with Crippen molar-refractivity contribution in [3.05, 3.63) is 29.8 Å². The molecular weight excluding hydrogens is 270 g/mol. The Morgan fingerprint density at radius 3 is 1.91 bits per heavy atom. The molecule has 0 saturated carbocycles. The number of benzene rings is 1. The number of aryl methyl sites for hydroxylation is 1. The van der Waals surface area contributed by atoms with E-state index in [-0.39, 0.29) is 0 Å². The highest BCUT2D eigenvalue weighted by Crippen LogP contribution is 2.23. The Morgan fingerprint density at radius 1 is 0.818 bits per heavy atom. The number of likely N-dealkylation sites (N-methyl/N-ethyl adjacent to an activating group) is 1. The molecule has 0 amide bonds. The Morgan fingerprint density at radius 2 is 1.36 bits per heavy atom. The molecule has 0 atom stereocenters. The van der Waals surface area contributed by atoms with Gasteiger partial charge in [-0.1, -0.05) is 31.5 Å². The minimum atomic E-state index is 0.811. The van der Waals surface area contributed by atoms with Crippen molar-refractivity contribution in [1.82, 2.24) is 9.80 Å². The van der Waals surface area contributed by atoms with Gasteiger partial charge in [-0.2, -0.15) is 0 Å². The fourth-order valence-corrected chi connectivity index (χ4v) is 3.43. The zero-order chi connectivity index (χ0) is 15.9. The fourth-order valence-electron chi connectivity index (χ4n) is 3.43. The molecule has 0 N–H and O–H groups in total. The first kappa shape index (κ1) is 17.3. The van der Waals surface area contributed by atoms with E-state index in [0.29, 0.717) is 0 Å². The Labute approximate surface area is 136 Å². The van der Waals surface area contributed by atoms with E-state index in [2.05, 4.69) is 52.9 Å². The lowest BCUT2D eigenvalue weighted by molar-refractivity contribution is 0.0982. The lowest BCUT2D eigenvalue weighted by atomic mass is 10.0. The molecule has 0 radical (unpaired) electrons. The summed E-state index contributed by atoms with van der Waals surface area (Å²) in [5.41, 5.74) is 2.74. The fraction of sp³-hybridized carbons (Fsp3) is 0.684. The van der Waals surface area contributed by atoms with Crippen molar-refractivity contribution in [3.63, 3.8) is 0 Å². The molecule has 2 aliphatic rings. The molecule has 2 heterocycles. The lowest BCUT2D eigenvalue weighted by Crippen LogP contribution is -2.52. The van der Waals surface area contributed by atoms with Gasteiger partial charge < -0.3 is 9.80 Å². The van der Waals surface area contributed by atoms with Gasteiger partial charge in [0.2, 0.25) is 0 Å². The van der Waals surface area contributed by atoms with Crippen LogP contribution in [0.15, 0.2) is 24.3 Å². The summed E-state index contributed by atoms with van der Waals surface area (Å²) in [7, 11) is 2.23. The topological polar surface area (TPSA) is 9.72 Å². The van der Waals surface area contributed by atoms with Gasteiger partial charge in [0.15, 0.2) is 0 Å². The Hall–Kier alpha value is -1.06. The average Bonchev–Trinajstić information content (AvgIpc) is 2.58. The first-order valence-corrected chi connectivity index (χ1v) is 8.96. The smallest absolute Gasteiger partial charge is 0.0366 e. The Kier molecular flexibility index (Phi) is 6.71. The average molecular weight is 303 g/mol. The molecule has 1 aromatic carbocycles. The van der Waals surface area contributed by atoms with E-state index in [0.717, 1.165) is 6.04 Å². The van der Waals surface area contributed by atoms with E-state index < -0.39 is 0 Å². The molecule has 2 aliphatic heterocycles. The maximum absolute atomic E-state index is 2.71. The number of hydrogen-bond donors (Lipinski definition) is 0. The molecule has 22 heavy (non-hydrogen) atoms. The zero-order valence-electron chi connectivity index (χ0n) is 14.9. The van der Waals surface area contributed by atoms with E-state index >= 15 is 0 Å². The number of nitrogens with zero attached hydrogens (tertiary/aromatic N) is 3. The van der Waals surface area contributed by atoms with Crippen LogP contribution in [0.25, 0.3) is 0 Å². The normalized spacial score (nSPS) is 21.4. The third kappa shape index (κ3) is 4.47. The maximum atomic E-state index is 2.71. The van der Waals surface area contributed by atoms with Crippen LogP contribution >= 0.6 is 0 Å². The van der Waals surface area contributed by atoms with Gasteiger partial charge >= 0.3 is 0 Å². The first-order chi connectivity index (χ1) is 10.7. The van der Waals surface area contributed by atoms with Crippen molar-refractivity contribution >= 4 is 5.69 Å². The summed E-state index contributed by atoms with van der Waals surface area (Å²) in [6, 6.07) is 9.80. The van der Waals surface area contributed by atoms with Crippen LogP contribution < -0.4 is 4.90 Å². The van der Waals surface area contributed by atoms with Crippen molar-refractivity contribution < 1.29 is 0 Å². The predicted octanol–water partition coefficient (Wildman–Crippen LogP) is 3.24. The molecule has 2 saturated heterocycles. The SMILES string of the molecule is CC.Cc1ccc(N2CCC(N3CCN(C)CC3)CC2)cc1. The standard InChI is InChI=1S/C17H27N3.C2H6/c1-15-3-5-16(6-4-15)19-9-7-17(8-10-19)20-13-11-18(2)12-14-20;1-2/h3-6,17H,7-14H2,1-2H3;1-2H3. The highest BCUT2D eigenvalue weighted by molar-refractivity contribution is 5.47. The maximum Gasteiger partial charge on any atom is 0.0366 e. The Balaban J connectivity index is 0.000000847. The second-order valence-electron chi connectivity index (χ2n) is 6.39. The van der Waals surface area contributed by atoms with Crippen LogP contribution in [0.1, 0.15) is 32.3 Å². The predicted molar refractivity (Wildman–Crippen MR) is 96.8 cm³/mol. The number of piperidine rings is 1. The highest BCUT2D eigenvalue weighted by atomic mass is 15.3. The summed E-state index contributed by atoms with van der Waals surface area (Å²) in [6.45, 7) is 13.6. The van der Waals surface area contributed by atoms with Crippen LogP contribution in [0.3, 0.4) is 0 Å². The molecule has 1 aromatic rings. The van der Waals surface area contributed by atoms with Crippen LogP contribution in [0.5, 0.6) is 0 Å². The molecule has 3 rings (SSSR count). The number of rotatable bonds is 2. The van der Waals surface area contributed by atoms with Crippen LogP contribution in [0.2, 0.25) is 0 Å². The summed E-state index contributed by atoms with van der Waals surface area (Å²) in [5.74, 6) is 0. The van der Waals surface area contributed by atoms with Gasteiger partial charge in [0.25, 0.3) is 0 Å². The third-order valence-corrected chi connectivity index (χ3v) is 4.92. The van der Waals surface area contributed by atoms with Gasteiger partial charge in [0.05, 0.1) is 0 Å². The van der Waals surface area contributed by atoms with E-state index in [1.807, 2.05) is 13.8 Å². The molecular formula is C19H33N3. The van der Waals surface area contributed by atoms with E-state index in [9.17, 15) is 0 Å². The van der Waals surface area contributed by atoms with Gasteiger partial charge in [-0.25, -0.2) is 0 Å².